The number of fused-ring (bicyclic) bond motifs is 1. The van der Waals surface area contributed by atoms with Crippen molar-refractivity contribution in [2.75, 3.05) is 10.6 Å². The summed E-state index contributed by atoms with van der Waals surface area (Å²) in [7, 11) is 0. The molecule has 2 amide bonds. The van der Waals surface area contributed by atoms with Gasteiger partial charge in [-0.25, -0.2) is 0 Å². The highest BCUT2D eigenvalue weighted by atomic mass is 79.9. The zero-order chi connectivity index (χ0) is 23.8. The lowest BCUT2D eigenvalue weighted by Crippen LogP contribution is -2.27. The topological polar surface area (TPSA) is 58.2 Å². The van der Waals surface area contributed by atoms with Crippen LogP contribution < -0.4 is 10.6 Å². The van der Waals surface area contributed by atoms with Gasteiger partial charge in [0, 0.05) is 20.6 Å². The molecule has 6 heteroatoms. The molecule has 0 saturated heterocycles. The molecule has 1 atom stereocenters. The summed E-state index contributed by atoms with van der Waals surface area (Å²) in [6, 6.07) is 15.0. The highest BCUT2D eigenvalue weighted by Crippen LogP contribution is 2.44. The van der Waals surface area contributed by atoms with Crippen molar-refractivity contribution < 1.29 is 9.59 Å². The fourth-order valence-electron chi connectivity index (χ4n) is 4.33. The summed E-state index contributed by atoms with van der Waals surface area (Å²) in [5.41, 5.74) is 4.24. The van der Waals surface area contributed by atoms with E-state index in [1.165, 1.54) is 4.88 Å². The first-order valence-corrected chi connectivity index (χ1v) is 12.8. The van der Waals surface area contributed by atoms with Crippen LogP contribution in [0.1, 0.15) is 63.9 Å². The van der Waals surface area contributed by atoms with Crippen LogP contribution in [0.3, 0.4) is 0 Å². The molecule has 0 aliphatic heterocycles. The first-order chi connectivity index (χ1) is 15.6. The molecule has 1 heterocycles. The number of benzene rings is 2. The minimum absolute atomic E-state index is 0.165. The molecule has 0 radical (unpaired) electrons. The van der Waals surface area contributed by atoms with Crippen LogP contribution in [-0.4, -0.2) is 11.8 Å². The van der Waals surface area contributed by atoms with Crippen LogP contribution >= 0.6 is 27.3 Å². The van der Waals surface area contributed by atoms with Gasteiger partial charge in [-0.1, -0.05) is 54.9 Å². The maximum atomic E-state index is 13.5. The number of halogens is 1. The summed E-state index contributed by atoms with van der Waals surface area (Å²) in [5, 5.41) is 6.75. The van der Waals surface area contributed by atoms with E-state index in [-0.39, 0.29) is 17.2 Å². The number of para-hydroxylation sites is 1. The molecule has 3 aromatic rings. The second-order valence-corrected chi connectivity index (χ2v) is 11.8. The van der Waals surface area contributed by atoms with E-state index in [1.54, 1.807) is 23.5 Å². The number of thiophene rings is 1. The third-order valence-electron chi connectivity index (χ3n) is 6.44. The maximum Gasteiger partial charge on any atom is 0.258 e. The minimum atomic E-state index is -0.210. The number of hydrogen-bond donors (Lipinski definition) is 2. The molecule has 2 N–H and O–H groups in total. The van der Waals surface area contributed by atoms with Crippen LogP contribution in [-0.2, 0) is 12.8 Å². The van der Waals surface area contributed by atoms with E-state index in [9.17, 15) is 9.59 Å². The number of hydrogen-bond acceptors (Lipinski definition) is 3. The van der Waals surface area contributed by atoms with Crippen LogP contribution in [0.5, 0.6) is 0 Å². The van der Waals surface area contributed by atoms with Crippen molar-refractivity contribution in [3.63, 3.8) is 0 Å². The van der Waals surface area contributed by atoms with Gasteiger partial charge in [-0.3, -0.25) is 9.59 Å². The molecule has 1 aliphatic rings. The normalized spacial score (nSPS) is 15.6. The van der Waals surface area contributed by atoms with Gasteiger partial charge < -0.3 is 10.6 Å². The number of carbonyl (C=O) groups excluding carboxylic acids is 2. The van der Waals surface area contributed by atoms with Crippen molar-refractivity contribution >= 4 is 49.8 Å². The molecular weight excluding hydrogens is 496 g/mol. The van der Waals surface area contributed by atoms with Gasteiger partial charge in [-0.05, 0) is 79.0 Å². The number of anilines is 2. The number of carbonyl (C=O) groups is 2. The molecule has 1 aliphatic carbocycles. The zero-order valence-electron chi connectivity index (χ0n) is 19.4. The predicted molar refractivity (Wildman–Crippen MR) is 141 cm³/mol. The summed E-state index contributed by atoms with van der Waals surface area (Å²) >= 11 is 4.96. The Labute approximate surface area is 207 Å². The summed E-state index contributed by atoms with van der Waals surface area (Å²) in [4.78, 5) is 27.7. The van der Waals surface area contributed by atoms with Gasteiger partial charge in [0.15, 0.2) is 0 Å². The van der Waals surface area contributed by atoms with Crippen LogP contribution in [0.4, 0.5) is 10.7 Å². The van der Waals surface area contributed by atoms with E-state index in [2.05, 4.69) is 47.3 Å². The molecule has 1 unspecified atom stereocenters. The molecule has 0 spiro atoms. The Kier molecular flexibility index (Phi) is 6.78. The van der Waals surface area contributed by atoms with Crippen molar-refractivity contribution in [2.24, 2.45) is 11.3 Å². The van der Waals surface area contributed by atoms with Crippen molar-refractivity contribution in [2.45, 2.75) is 47.0 Å². The van der Waals surface area contributed by atoms with Crippen molar-refractivity contribution in [3.05, 3.63) is 80.1 Å². The Morgan fingerprint density at radius 1 is 1.00 bits per heavy atom. The van der Waals surface area contributed by atoms with Crippen LogP contribution in [0.2, 0.25) is 0 Å². The van der Waals surface area contributed by atoms with E-state index < -0.39 is 0 Å². The Hall–Kier alpha value is -2.44. The van der Waals surface area contributed by atoms with Gasteiger partial charge >= 0.3 is 0 Å². The van der Waals surface area contributed by atoms with Crippen LogP contribution in [0.25, 0.3) is 0 Å². The zero-order valence-corrected chi connectivity index (χ0v) is 21.8. The average molecular weight is 526 g/mol. The van der Waals surface area contributed by atoms with Gasteiger partial charge in [0.25, 0.3) is 11.8 Å². The Morgan fingerprint density at radius 2 is 1.70 bits per heavy atom. The highest BCUT2D eigenvalue weighted by molar-refractivity contribution is 9.10. The third-order valence-corrected chi connectivity index (χ3v) is 8.14. The summed E-state index contributed by atoms with van der Waals surface area (Å²) in [6.07, 6.45) is 2.82. The fourth-order valence-corrected chi connectivity index (χ4v) is 5.91. The molecule has 0 saturated carbocycles. The fraction of sp³-hybridized carbons (Fsp3) is 0.333. The van der Waals surface area contributed by atoms with E-state index >= 15 is 0 Å². The summed E-state index contributed by atoms with van der Waals surface area (Å²) < 4.78 is 0.914. The number of amides is 2. The lowest BCUT2D eigenvalue weighted by molar-refractivity contribution is 0.102. The molecule has 0 bridgehead atoms. The van der Waals surface area contributed by atoms with Gasteiger partial charge in [-0.2, -0.15) is 0 Å². The summed E-state index contributed by atoms with van der Waals surface area (Å²) in [5.74, 6) is 0.173. The van der Waals surface area contributed by atoms with E-state index in [0.717, 1.165) is 40.5 Å². The van der Waals surface area contributed by atoms with Gasteiger partial charge in [0.1, 0.15) is 5.00 Å². The smallest absolute Gasteiger partial charge is 0.258 e. The second-order valence-electron chi connectivity index (χ2n) is 9.74. The van der Waals surface area contributed by atoms with Crippen LogP contribution in [0, 0.1) is 18.3 Å². The summed E-state index contributed by atoms with van der Waals surface area (Å²) in [6.45, 7) is 8.80. The van der Waals surface area contributed by atoms with Gasteiger partial charge in [0.05, 0.1) is 5.56 Å². The average Bonchev–Trinajstić information content (AvgIpc) is 3.12. The second kappa shape index (κ2) is 9.43. The Bertz CT molecular complexity index is 1190. The SMILES string of the molecule is Cc1ccccc1NC(=O)c1c(NC(=O)c2ccc(Br)cc2)sc2c1CCC(C(C)(C)C)C2. The first kappa shape index (κ1) is 23.7. The van der Waals surface area contributed by atoms with Gasteiger partial charge in [0.2, 0.25) is 0 Å². The van der Waals surface area contributed by atoms with E-state index in [0.29, 0.717) is 22.0 Å². The van der Waals surface area contributed by atoms with E-state index in [4.69, 9.17) is 0 Å². The largest absolute Gasteiger partial charge is 0.322 e. The molecule has 172 valence electrons. The molecule has 1 aromatic heterocycles. The molecule has 0 fully saturated rings. The number of nitrogens with one attached hydrogen (secondary N) is 2. The van der Waals surface area contributed by atoms with Crippen molar-refractivity contribution in [1.29, 1.82) is 0 Å². The lowest BCUT2D eigenvalue weighted by atomic mass is 9.72. The molecule has 33 heavy (non-hydrogen) atoms. The van der Waals surface area contributed by atoms with Crippen molar-refractivity contribution in [3.8, 4) is 0 Å². The monoisotopic (exact) mass is 524 g/mol. The first-order valence-electron chi connectivity index (χ1n) is 11.2. The number of rotatable bonds is 4. The Morgan fingerprint density at radius 3 is 2.36 bits per heavy atom. The van der Waals surface area contributed by atoms with E-state index in [1.807, 2.05) is 43.3 Å². The lowest BCUT2D eigenvalue weighted by Gasteiger charge is -2.33. The van der Waals surface area contributed by atoms with Crippen LogP contribution in [0.15, 0.2) is 53.0 Å². The van der Waals surface area contributed by atoms with Crippen molar-refractivity contribution in [1.82, 2.24) is 0 Å². The Balaban J connectivity index is 1.69. The quantitative estimate of drug-likeness (QED) is 0.371. The molecule has 2 aromatic carbocycles. The minimum Gasteiger partial charge on any atom is -0.322 e. The third kappa shape index (κ3) is 5.22. The number of aryl methyl sites for hydroxylation is 1. The molecule has 4 rings (SSSR count). The molecular formula is C27H29BrN2O2S. The standard InChI is InChI=1S/C27H29BrN2O2S/c1-16-7-5-6-8-21(16)29-25(32)23-20-14-11-18(27(2,3)4)15-22(20)33-26(23)30-24(31)17-9-12-19(28)13-10-17/h5-10,12-13,18H,11,14-15H2,1-4H3,(H,29,32)(H,30,31). The highest BCUT2D eigenvalue weighted by Gasteiger charge is 2.34. The van der Waals surface area contributed by atoms with Gasteiger partial charge in [-0.15, -0.1) is 11.3 Å². The maximum absolute atomic E-state index is 13.5. The predicted octanol–water partition coefficient (Wildman–Crippen LogP) is 7.47. The molecule has 4 nitrogen and oxygen atoms in total.